The zero-order chi connectivity index (χ0) is 16.4. The molecule has 0 aliphatic rings. The van der Waals surface area contributed by atoms with Gasteiger partial charge in [-0.1, -0.05) is 54.6 Å². The van der Waals surface area contributed by atoms with Gasteiger partial charge in [0.25, 0.3) is 0 Å². The van der Waals surface area contributed by atoms with E-state index in [9.17, 15) is 15.0 Å². The zero-order valence-corrected chi connectivity index (χ0v) is 12.6. The van der Waals surface area contributed by atoms with Crippen LogP contribution in [0.5, 0.6) is 11.5 Å². The Morgan fingerprint density at radius 3 is 2.09 bits per heavy atom. The number of aromatic hydroxyl groups is 2. The maximum atomic E-state index is 12.4. The maximum Gasteiger partial charge on any atom is 0.342 e. The van der Waals surface area contributed by atoms with Crippen LogP contribution in [0.4, 0.5) is 0 Å². The fraction of sp³-hybridized carbons (Fsp3) is 0.105. The van der Waals surface area contributed by atoms with Crippen LogP contribution in [0.2, 0.25) is 0 Å². The Balaban J connectivity index is 2.42. The molecule has 116 valence electrons. The molecule has 0 saturated heterocycles. The van der Waals surface area contributed by atoms with Gasteiger partial charge in [-0.25, -0.2) is 4.79 Å². The molecular formula is C19H16O4. The van der Waals surface area contributed by atoms with Crippen molar-refractivity contribution in [3.05, 3.63) is 60.2 Å². The fourth-order valence-electron chi connectivity index (χ4n) is 2.69. The van der Waals surface area contributed by atoms with E-state index in [0.29, 0.717) is 16.3 Å². The van der Waals surface area contributed by atoms with Crippen LogP contribution < -0.4 is 0 Å². The highest BCUT2D eigenvalue weighted by Gasteiger charge is 2.25. The molecule has 0 aliphatic heterocycles. The van der Waals surface area contributed by atoms with Gasteiger partial charge in [0.2, 0.25) is 0 Å². The van der Waals surface area contributed by atoms with Crippen molar-refractivity contribution in [2.75, 3.05) is 6.61 Å². The van der Waals surface area contributed by atoms with Gasteiger partial charge in [0.15, 0.2) is 0 Å². The number of ether oxygens (including phenoxy) is 1. The van der Waals surface area contributed by atoms with Gasteiger partial charge in [-0.15, -0.1) is 0 Å². The Morgan fingerprint density at radius 1 is 0.913 bits per heavy atom. The Kier molecular flexibility index (Phi) is 3.89. The van der Waals surface area contributed by atoms with Gasteiger partial charge in [0, 0.05) is 16.3 Å². The number of hydrogen-bond donors (Lipinski definition) is 2. The first-order valence-corrected chi connectivity index (χ1v) is 7.34. The smallest absolute Gasteiger partial charge is 0.342 e. The Bertz CT molecular complexity index is 869. The van der Waals surface area contributed by atoms with Gasteiger partial charge in [-0.3, -0.25) is 0 Å². The maximum absolute atomic E-state index is 12.4. The number of rotatable bonds is 3. The second-order valence-corrected chi connectivity index (χ2v) is 5.08. The number of carbonyl (C=O) groups is 1. The van der Waals surface area contributed by atoms with E-state index in [-0.39, 0.29) is 29.2 Å². The number of fused-ring (bicyclic) bond motifs is 1. The average molecular weight is 308 g/mol. The average Bonchev–Trinajstić information content (AvgIpc) is 2.58. The summed E-state index contributed by atoms with van der Waals surface area (Å²) in [6.07, 6.45) is 0. The number of hydrogen-bond acceptors (Lipinski definition) is 4. The molecule has 3 aromatic carbocycles. The molecule has 0 aromatic heterocycles. The predicted octanol–water partition coefficient (Wildman–Crippen LogP) is 4.09. The van der Waals surface area contributed by atoms with Gasteiger partial charge in [-0.05, 0) is 12.5 Å². The normalized spacial score (nSPS) is 10.7. The van der Waals surface area contributed by atoms with Gasteiger partial charge in [0.05, 0.1) is 6.61 Å². The molecule has 23 heavy (non-hydrogen) atoms. The number of benzene rings is 3. The van der Waals surface area contributed by atoms with Crippen LogP contribution in [0.1, 0.15) is 17.3 Å². The quantitative estimate of drug-likeness (QED) is 0.565. The molecule has 0 bridgehead atoms. The lowest BCUT2D eigenvalue weighted by Crippen LogP contribution is -2.07. The summed E-state index contributed by atoms with van der Waals surface area (Å²) in [5, 5.41) is 22.2. The lowest BCUT2D eigenvalue weighted by molar-refractivity contribution is 0.0524. The highest BCUT2D eigenvalue weighted by molar-refractivity contribution is 6.11. The van der Waals surface area contributed by atoms with E-state index in [4.69, 9.17) is 4.74 Å². The number of carbonyl (C=O) groups excluding carboxylic acids is 1. The highest BCUT2D eigenvalue weighted by Crippen LogP contribution is 2.45. The van der Waals surface area contributed by atoms with E-state index in [2.05, 4.69) is 0 Å². The zero-order valence-electron chi connectivity index (χ0n) is 12.6. The van der Waals surface area contributed by atoms with E-state index < -0.39 is 5.97 Å². The number of phenols is 2. The molecule has 4 heteroatoms. The lowest BCUT2D eigenvalue weighted by atomic mass is 9.93. The first-order chi connectivity index (χ1) is 11.1. The molecule has 0 heterocycles. The number of phenolic OH excluding ortho intramolecular Hbond substituents is 2. The minimum absolute atomic E-state index is 0.0192. The summed E-state index contributed by atoms with van der Waals surface area (Å²) in [5.41, 5.74) is 0.892. The van der Waals surface area contributed by atoms with Crippen LogP contribution in [0.15, 0.2) is 54.6 Å². The lowest BCUT2D eigenvalue weighted by Gasteiger charge is -2.16. The summed E-state index contributed by atoms with van der Waals surface area (Å²) < 4.78 is 5.06. The molecule has 0 saturated carbocycles. The third kappa shape index (κ3) is 2.48. The molecule has 0 spiro atoms. The molecule has 0 atom stereocenters. The van der Waals surface area contributed by atoms with Gasteiger partial charge in [0.1, 0.15) is 17.1 Å². The topological polar surface area (TPSA) is 66.8 Å². The standard InChI is InChI=1S/C19H16O4/c1-2-23-19(22)16-15(12-8-4-3-5-9-12)17(20)13-10-6-7-11-14(13)18(16)21/h3-11,20-21H,2H2,1H3. The summed E-state index contributed by atoms with van der Waals surface area (Å²) in [5.74, 6) is -0.895. The Hall–Kier alpha value is -3.01. The Labute approximate surface area is 133 Å². The molecular weight excluding hydrogens is 292 g/mol. The van der Waals surface area contributed by atoms with Crippen LogP contribution in [-0.2, 0) is 4.74 Å². The van der Waals surface area contributed by atoms with Crippen molar-refractivity contribution in [3.8, 4) is 22.6 Å². The fourth-order valence-corrected chi connectivity index (χ4v) is 2.69. The summed E-state index contributed by atoms with van der Waals surface area (Å²) in [6, 6.07) is 15.8. The molecule has 3 aromatic rings. The minimum Gasteiger partial charge on any atom is -0.507 e. The predicted molar refractivity (Wildman–Crippen MR) is 88.7 cm³/mol. The first-order valence-electron chi connectivity index (χ1n) is 7.34. The molecule has 4 nitrogen and oxygen atoms in total. The van der Waals surface area contributed by atoms with Crippen molar-refractivity contribution in [2.24, 2.45) is 0 Å². The van der Waals surface area contributed by atoms with E-state index >= 15 is 0 Å². The summed E-state index contributed by atoms with van der Waals surface area (Å²) in [4.78, 5) is 12.4. The van der Waals surface area contributed by atoms with Crippen molar-refractivity contribution in [3.63, 3.8) is 0 Å². The summed E-state index contributed by atoms with van der Waals surface area (Å²) >= 11 is 0. The second kappa shape index (κ2) is 6.01. The SMILES string of the molecule is CCOC(=O)c1c(-c2ccccc2)c(O)c2ccccc2c1O. The first kappa shape index (κ1) is 14.9. The highest BCUT2D eigenvalue weighted by atomic mass is 16.5. The van der Waals surface area contributed by atoms with Crippen LogP contribution in [-0.4, -0.2) is 22.8 Å². The van der Waals surface area contributed by atoms with Crippen molar-refractivity contribution in [1.29, 1.82) is 0 Å². The van der Waals surface area contributed by atoms with Crippen LogP contribution in [0, 0.1) is 0 Å². The van der Waals surface area contributed by atoms with Gasteiger partial charge < -0.3 is 14.9 Å². The summed E-state index contributed by atoms with van der Waals surface area (Å²) in [7, 11) is 0. The van der Waals surface area contributed by atoms with Crippen molar-refractivity contribution < 1.29 is 19.7 Å². The molecule has 0 aliphatic carbocycles. The van der Waals surface area contributed by atoms with E-state index in [1.807, 2.05) is 6.07 Å². The molecule has 3 rings (SSSR count). The van der Waals surface area contributed by atoms with Crippen LogP contribution in [0.3, 0.4) is 0 Å². The number of esters is 1. The van der Waals surface area contributed by atoms with Crippen LogP contribution >= 0.6 is 0 Å². The van der Waals surface area contributed by atoms with E-state index in [1.165, 1.54) is 0 Å². The van der Waals surface area contributed by atoms with Crippen LogP contribution in [0.25, 0.3) is 21.9 Å². The monoisotopic (exact) mass is 308 g/mol. The second-order valence-electron chi connectivity index (χ2n) is 5.08. The Morgan fingerprint density at radius 2 is 1.48 bits per heavy atom. The van der Waals surface area contributed by atoms with Crippen molar-refractivity contribution >= 4 is 16.7 Å². The molecule has 0 radical (unpaired) electrons. The van der Waals surface area contributed by atoms with Gasteiger partial charge >= 0.3 is 5.97 Å². The van der Waals surface area contributed by atoms with Crippen molar-refractivity contribution in [2.45, 2.75) is 6.92 Å². The molecule has 2 N–H and O–H groups in total. The molecule has 0 fully saturated rings. The van der Waals surface area contributed by atoms with Crippen molar-refractivity contribution in [1.82, 2.24) is 0 Å². The van der Waals surface area contributed by atoms with Gasteiger partial charge in [-0.2, -0.15) is 0 Å². The summed E-state index contributed by atoms with van der Waals surface area (Å²) in [6.45, 7) is 1.87. The minimum atomic E-state index is -0.662. The largest absolute Gasteiger partial charge is 0.507 e. The molecule has 0 unspecified atom stereocenters. The third-order valence-corrected chi connectivity index (χ3v) is 3.70. The molecule has 0 amide bonds. The van der Waals surface area contributed by atoms with E-state index in [0.717, 1.165) is 0 Å². The third-order valence-electron chi connectivity index (χ3n) is 3.70. The van der Waals surface area contributed by atoms with E-state index in [1.54, 1.807) is 55.5 Å².